The predicted molar refractivity (Wildman–Crippen MR) is 74.6 cm³/mol. The number of hydrogen-bond donors (Lipinski definition) is 2. The molecule has 0 saturated carbocycles. The summed E-state index contributed by atoms with van der Waals surface area (Å²) in [7, 11) is -3.95. The quantitative estimate of drug-likeness (QED) is 0.816. The monoisotopic (exact) mass is 299 g/mol. The van der Waals surface area contributed by atoms with E-state index in [0.717, 1.165) is 10.7 Å². The molecule has 0 spiro atoms. The van der Waals surface area contributed by atoms with Crippen molar-refractivity contribution in [1.29, 1.82) is 0 Å². The molecule has 1 amide bonds. The number of rotatable bonds is 4. The van der Waals surface area contributed by atoms with Crippen molar-refractivity contribution in [3.63, 3.8) is 0 Å². The molecule has 1 unspecified atom stereocenters. The van der Waals surface area contributed by atoms with Crippen molar-refractivity contribution in [2.24, 2.45) is 5.14 Å². The lowest BCUT2D eigenvalue weighted by atomic mass is 10.2. The lowest BCUT2D eigenvalue weighted by molar-refractivity contribution is -0.127. The Morgan fingerprint density at radius 2 is 2.20 bits per heavy atom. The van der Waals surface area contributed by atoms with E-state index in [1.54, 1.807) is 24.3 Å². The van der Waals surface area contributed by atoms with Gasteiger partial charge in [-0.15, -0.1) is 0 Å². The number of nitrogens with zero attached hydrogens (tertiary/aromatic N) is 1. The maximum Gasteiger partial charge on any atom is 0.299 e. The first-order chi connectivity index (χ1) is 9.43. The molecule has 1 aliphatic heterocycles. The third-order valence-electron chi connectivity index (χ3n) is 2.88. The van der Waals surface area contributed by atoms with E-state index in [0.29, 0.717) is 18.0 Å². The standard InChI is InChI=1S/C12H17N3O4S/c1-2-7-14-12(16)11-8-15(20(13,17)18)9-5-3-4-6-10(9)19-11/h3-6,11H,2,7-8H2,1H3,(H,14,16)(H2,13,17,18). The third kappa shape index (κ3) is 3.02. The molecule has 3 N–H and O–H groups in total. The molecule has 0 bridgehead atoms. The van der Waals surface area contributed by atoms with Gasteiger partial charge < -0.3 is 10.1 Å². The highest BCUT2D eigenvalue weighted by Crippen LogP contribution is 2.34. The Bertz CT molecular complexity index is 602. The van der Waals surface area contributed by atoms with E-state index in [9.17, 15) is 13.2 Å². The number of amides is 1. The Morgan fingerprint density at radius 3 is 2.85 bits per heavy atom. The van der Waals surface area contributed by atoms with Crippen LogP contribution < -0.4 is 19.5 Å². The van der Waals surface area contributed by atoms with Crippen LogP contribution in [0.3, 0.4) is 0 Å². The van der Waals surface area contributed by atoms with Crippen LogP contribution in [-0.4, -0.2) is 33.5 Å². The lowest BCUT2D eigenvalue weighted by Crippen LogP contribution is -2.52. The number of carbonyl (C=O) groups excluding carboxylic acids is 1. The molecule has 1 aliphatic rings. The minimum absolute atomic E-state index is 0.134. The van der Waals surface area contributed by atoms with Gasteiger partial charge in [0.2, 0.25) is 0 Å². The van der Waals surface area contributed by atoms with E-state index in [2.05, 4.69) is 5.32 Å². The fourth-order valence-corrected chi connectivity index (χ4v) is 2.71. The first-order valence-corrected chi connectivity index (χ1v) is 7.77. The largest absolute Gasteiger partial charge is 0.476 e. The van der Waals surface area contributed by atoms with E-state index in [4.69, 9.17) is 9.88 Å². The number of para-hydroxylation sites is 2. The van der Waals surface area contributed by atoms with E-state index >= 15 is 0 Å². The third-order valence-corrected chi connectivity index (χ3v) is 3.84. The lowest BCUT2D eigenvalue weighted by Gasteiger charge is -2.33. The topological polar surface area (TPSA) is 102 Å². The van der Waals surface area contributed by atoms with Crippen LogP contribution in [0.1, 0.15) is 13.3 Å². The fraction of sp³-hybridized carbons (Fsp3) is 0.417. The summed E-state index contributed by atoms with van der Waals surface area (Å²) in [6.07, 6.45) is -0.122. The number of benzene rings is 1. The molecule has 0 radical (unpaired) electrons. The molecule has 0 aliphatic carbocycles. The number of hydrogen-bond acceptors (Lipinski definition) is 4. The maximum atomic E-state index is 11.9. The normalized spacial score (nSPS) is 18.1. The summed E-state index contributed by atoms with van der Waals surface area (Å²) in [6, 6.07) is 6.57. The molecule has 7 nitrogen and oxygen atoms in total. The van der Waals surface area contributed by atoms with Crippen LogP contribution in [-0.2, 0) is 15.0 Å². The van der Waals surface area contributed by atoms with Gasteiger partial charge in [-0.1, -0.05) is 19.1 Å². The minimum atomic E-state index is -3.95. The SMILES string of the molecule is CCCNC(=O)C1CN(S(N)(=O)=O)c2ccccc2O1. The molecule has 2 rings (SSSR count). The number of anilines is 1. The Balaban J connectivity index is 2.29. The summed E-state index contributed by atoms with van der Waals surface area (Å²) in [4.78, 5) is 11.9. The number of carbonyl (C=O) groups is 1. The second kappa shape index (κ2) is 5.68. The molecular weight excluding hydrogens is 282 g/mol. The molecule has 0 saturated heterocycles. The van der Waals surface area contributed by atoms with E-state index in [1.165, 1.54) is 0 Å². The van der Waals surface area contributed by atoms with Gasteiger partial charge in [-0.25, -0.2) is 9.44 Å². The van der Waals surface area contributed by atoms with Crippen molar-refractivity contribution >= 4 is 21.8 Å². The first kappa shape index (κ1) is 14.6. The number of nitrogens with two attached hydrogens (primary N) is 1. The van der Waals surface area contributed by atoms with Crippen LogP contribution in [0.4, 0.5) is 5.69 Å². The maximum absolute atomic E-state index is 11.9. The van der Waals surface area contributed by atoms with Crippen molar-refractivity contribution < 1.29 is 17.9 Å². The molecular formula is C12H17N3O4S. The van der Waals surface area contributed by atoms with Gasteiger partial charge in [0.25, 0.3) is 16.1 Å². The molecule has 1 aromatic carbocycles. The van der Waals surface area contributed by atoms with Crippen LogP contribution in [0, 0.1) is 0 Å². The fourth-order valence-electron chi connectivity index (χ4n) is 1.94. The van der Waals surface area contributed by atoms with Crippen LogP contribution in [0.15, 0.2) is 24.3 Å². The zero-order chi connectivity index (χ0) is 14.8. The van der Waals surface area contributed by atoms with Crippen molar-refractivity contribution in [1.82, 2.24) is 5.32 Å². The Labute approximate surface area is 117 Å². The molecule has 110 valence electrons. The van der Waals surface area contributed by atoms with Gasteiger partial charge in [-0.3, -0.25) is 4.79 Å². The minimum Gasteiger partial charge on any atom is -0.476 e. The molecule has 1 aromatic rings. The van der Waals surface area contributed by atoms with Gasteiger partial charge in [0.05, 0.1) is 12.2 Å². The number of nitrogens with one attached hydrogen (secondary N) is 1. The molecule has 1 atom stereocenters. The average molecular weight is 299 g/mol. The zero-order valence-electron chi connectivity index (χ0n) is 11.1. The van der Waals surface area contributed by atoms with Crippen molar-refractivity contribution in [2.75, 3.05) is 17.4 Å². The van der Waals surface area contributed by atoms with Gasteiger partial charge in [0.1, 0.15) is 5.75 Å². The summed E-state index contributed by atoms with van der Waals surface area (Å²) in [5, 5.41) is 7.88. The van der Waals surface area contributed by atoms with Crippen molar-refractivity contribution in [3.05, 3.63) is 24.3 Å². The molecule has 0 aromatic heterocycles. The summed E-state index contributed by atoms with van der Waals surface area (Å²) >= 11 is 0. The molecule has 20 heavy (non-hydrogen) atoms. The number of ether oxygens (including phenoxy) is 1. The van der Waals surface area contributed by atoms with Crippen LogP contribution >= 0.6 is 0 Å². The van der Waals surface area contributed by atoms with Gasteiger partial charge in [-0.2, -0.15) is 8.42 Å². The smallest absolute Gasteiger partial charge is 0.299 e. The molecule has 8 heteroatoms. The predicted octanol–water partition coefficient (Wildman–Crippen LogP) is -0.0163. The summed E-state index contributed by atoms with van der Waals surface area (Å²) in [5.41, 5.74) is 0.342. The Kier molecular flexibility index (Phi) is 4.15. The van der Waals surface area contributed by atoms with Gasteiger partial charge in [0.15, 0.2) is 6.10 Å². The molecule has 1 heterocycles. The van der Waals surface area contributed by atoms with Gasteiger partial charge in [0, 0.05) is 6.54 Å². The zero-order valence-corrected chi connectivity index (χ0v) is 11.9. The first-order valence-electron chi connectivity index (χ1n) is 6.27. The van der Waals surface area contributed by atoms with E-state index in [1.807, 2.05) is 6.92 Å². The second-order valence-corrected chi connectivity index (χ2v) is 5.91. The van der Waals surface area contributed by atoms with Crippen molar-refractivity contribution in [2.45, 2.75) is 19.4 Å². The summed E-state index contributed by atoms with van der Waals surface area (Å²) in [5.74, 6) is -0.0283. The second-order valence-electron chi connectivity index (χ2n) is 4.44. The highest BCUT2D eigenvalue weighted by Gasteiger charge is 2.34. The van der Waals surface area contributed by atoms with E-state index in [-0.39, 0.29) is 12.5 Å². The Morgan fingerprint density at radius 1 is 1.50 bits per heavy atom. The van der Waals surface area contributed by atoms with Crippen molar-refractivity contribution in [3.8, 4) is 5.75 Å². The Hall–Kier alpha value is -1.80. The summed E-state index contributed by atoms with van der Waals surface area (Å²) in [6.45, 7) is 2.30. The highest BCUT2D eigenvalue weighted by molar-refractivity contribution is 7.90. The van der Waals surface area contributed by atoms with Gasteiger partial charge in [-0.05, 0) is 18.6 Å². The van der Waals surface area contributed by atoms with Crippen LogP contribution in [0.2, 0.25) is 0 Å². The highest BCUT2D eigenvalue weighted by atomic mass is 32.2. The summed E-state index contributed by atoms with van der Waals surface area (Å²) < 4.78 is 29.8. The molecule has 0 fully saturated rings. The van der Waals surface area contributed by atoms with Gasteiger partial charge >= 0.3 is 0 Å². The van der Waals surface area contributed by atoms with Crippen LogP contribution in [0.25, 0.3) is 0 Å². The number of fused-ring (bicyclic) bond motifs is 1. The van der Waals surface area contributed by atoms with Crippen LogP contribution in [0.5, 0.6) is 5.75 Å². The average Bonchev–Trinajstić information content (AvgIpc) is 2.42. The van der Waals surface area contributed by atoms with E-state index < -0.39 is 16.3 Å².